The molecule has 0 N–H and O–H groups in total. The molecule has 12 bridgehead atoms. The van der Waals surface area contributed by atoms with E-state index in [2.05, 4.69) is 156 Å². The molecule has 0 aliphatic heterocycles. The molecular formula is C78H108O12. The third kappa shape index (κ3) is 20.0. The van der Waals surface area contributed by atoms with Crippen LogP contribution in [-0.4, -0.2) is 79.3 Å². The van der Waals surface area contributed by atoms with Gasteiger partial charge in [-0.05, 0) is 150 Å². The van der Waals surface area contributed by atoms with Gasteiger partial charge >= 0.3 is 0 Å². The Balaban J connectivity index is 1.57. The molecule has 0 fully saturated rings. The summed E-state index contributed by atoms with van der Waals surface area (Å²) in [4.78, 5) is 0. The molecule has 6 aromatic rings. The van der Waals surface area contributed by atoms with E-state index in [0.29, 0.717) is 118 Å². The molecule has 12 heteroatoms. The summed E-state index contributed by atoms with van der Waals surface area (Å²) < 4.78 is 81.5. The minimum Gasteiger partial charge on any atom is -0.493 e. The molecule has 0 radical (unpaired) electrons. The van der Waals surface area contributed by atoms with E-state index < -0.39 is 0 Å². The third-order valence-electron chi connectivity index (χ3n) is 15.3. The van der Waals surface area contributed by atoms with E-state index in [9.17, 15) is 0 Å². The lowest BCUT2D eigenvalue weighted by atomic mass is 9.92. The van der Waals surface area contributed by atoms with Gasteiger partial charge in [-0.3, -0.25) is 0 Å². The summed E-state index contributed by atoms with van der Waals surface area (Å²) in [6.45, 7) is 32.4. The van der Waals surface area contributed by atoms with Gasteiger partial charge in [0.15, 0.2) is 0 Å². The number of rotatable bonds is 36. The standard InChI is InChI=1S/C78H108O12/c1-13-25-79-67-43-56-38-58-46-72(84-30-18-6)60(48-71(58)83-29-17-5)40-62-50-76(88-34-22-10)64(52-75(62)87-33-21-9)42-66-54-77(89-35-23-11)65(53-78(66)90-36-24-12)41-63-51-73(85-31-19-7)61(49-74(63)86-32-20-8)39-59-47-69(81-27-15-3)57(45-70(59)82-28-16-4)37-55(67)44-68(56)80-26-14-2/h43-54H,13-42H2,1-12H3. The average molecular weight is 1240 g/mol. The van der Waals surface area contributed by atoms with E-state index in [0.717, 1.165) is 213 Å². The Morgan fingerprint density at radius 1 is 0.156 bits per heavy atom. The van der Waals surface area contributed by atoms with Gasteiger partial charge in [-0.1, -0.05) is 83.1 Å². The van der Waals surface area contributed by atoms with Crippen molar-refractivity contribution >= 4 is 0 Å². The SMILES string of the molecule is CCCOc1cc2c(OCCC)cc1Cc1cc(OCCC)c(cc1OCCC)Cc1cc(OCCC)c(cc1OCCC)Cc1cc(OCCC)c(cc1OCCC)Cc1cc(OCCC)c(cc1OCCC)Cc1cc(OCCC)c(cc1OCCC)C2. The highest BCUT2D eigenvalue weighted by Crippen LogP contribution is 2.44. The summed E-state index contributed by atoms with van der Waals surface area (Å²) in [5.41, 5.74) is 12.0. The van der Waals surface area contributed by atoms with Crippen molar-refractivity contribution in [3.63, 3.8) is 0 Å². The maximum Gasteiger partial charge on any atom is 0.123 e. The Morgan fingerprint density at radius 3 is 0.300 bits per heavy atom. The molecule has 492 valence electrons. The molecule has 0 aromatic heterocycles. The van der Waals surface area contributed by atoms with Crippen molar-refractivity contribution in [2.24, 2.45) is 0 Å². The summed E-state index contributed by atoms with van der Waals surface area (Å²) in [6.07, 6.45) is 13.2. The van der Waals surface area contributed by atoms with E-state index in [1.807, 2.05) is 0 Å². The Bertz CT molecular complexity index is 2400. The van der Waals surface area contributed by atoms with E-state index in [1.54, 1.807) is 0 Å². The maximum absolute atomic E-state index is 6.79. The fourth-order valence-electron chi connectivity index (χ4n) is 10.9. The first-order chi connectivity index (χ1) is 44.1. The van der Waals surface area contributed by atoms with Crippen molar-refractivity contribution in [2.75, 3.05) is 79.3 Å². The molecule has 6 aromatic carbocycles. The van der Waals surface area contributed by atoms with Crippen LogP contribution in [-0.2, 0) is 38.5 Å². The van der Waals surface area contributed by atoms with Gasteiger partial charge in [-0.2, -0.15) is 0 Å². The third-order valence-corrected chi connectivity index (χ3v) is 15.3. The maximum atomic E-state index is 6.79. The minimum atomic E-state index is 0.513. The lowest BCUT2D eigenvalue weighted by molar-refractivity contribution is 0.298. The van der Waals surface area contributed by atoms with Crippen LogP contribution < -0.4 is 56.8 Å². The van der Waals surface area contributed by atoms with E-state index >= 15 is 0 Å². The number of benzene rings is 6. The quantitative estimate of drug-likeness (QED) is 0.0373. The molecule has 0 saturated heterocycles. The van der Waals surface area contributed by atoms with Crippen molar-refractivity contribution in [3.05, 3.63) is 140 Å². The van der Waals surface area contributed by atoms with E-state index in [4.69, 9.17) is 56.8 Å². The molecule has 0 heterocycles. The molecule has 0 spiro atoms. The zero-order valence-corrected chi connectivity index (χ0v) is 57.0. The van der Waals surface area contributed by atoms with E-state index in [1.165, 1.54) is 0 Å². The summed E-state index contributed by atoms with van der Waals surface area (Å²) in [6, 6.07) is 26.3. The lowest BCUT2D eigenvalue weighted by Gasteiger charge is -2.23. The van der Waals surface area contributed by atoms with Crippen LogP contribution in [0.1, 0.15) is 227 Å². The van der Waals surface area contributed by atoms with Crippen molar-refractivity contribution in [3.8, 4) is 69.0 Å². The predicted molar refractivity (Wildman–Crippen MR) is 365 cm³/mol. The van der Waals surface area contributed by atoms with Crippen molar-refractivity contribution in [1.29, 1.82) is 0 Å². The van der Waals surface area contributed by atoms with Gasteiger partial charge < -0.3 is 56.8 Å². The van der Waals surface area contributed by atoms with Crippen molar-refractivity contribution in [1.82, 2.24) is 0 Å². The van der Waals surface area contributed by atoms with Crippen LogP contribution in [0.3, 0.4) is 0 Å². The zero-order chi connectivity index (χ0) is 64.0. The van der Waals surface area contributed by atoms with Gasteiger partial charge in [-0.15, -0.1) is 0 Å². The van der Waals surface area contributed by atoms with Crippen LogP contribution in [0.4, 0.5) is 0 Å². The summed E-state index contributed by atoms with van der Waals surface area (Å²) in [5.74, 6) is 9.65. The van der Waals surface area contributed by atoms with Gasteiger partial charge in [0.05, 0.1) is 79.3 Å². The number of hydrogen-bond acceptors (Lipinski definition) is 12. The highest BCUT2D eigenvalue weighted by molar-refractivity contribution is 5.60. The molecule has 0 atom stereocenters. The molecule has 0 unspecified atom stereocenters. The van der Waals surface area contributed by atoms with Gasteiger partial charge in [0.2, 0.25) is 0 Å². The molecular weight excluding hydrogens is 1130 g/mol. The average Bonchev–Trinajstić information content (AvgIpc) is 0.965. The molecule has 16 aliphatic carbocycles. The smallest absolute Gasteiger partial charge is 0.123 e. The second-order valence-corrected chi connectivity index (χ2v) is 23.6. The fourth-order valence-corrected chi connectivity index (χ4v) is 10.9. The summed E-state index contributed by atoms with van der Waals surface area (Å²) in [5, 5.41) is 0. The van der Waals surface area contributed by atoms with Crippen LogP contribution in [0.5, 0.6) is 69.0 Å². The Labute approximate surface area is 540 Å². The largest absolute Gasteiger partial charge is 0.493 e. The topological polar surface area (TPSA) is 111 Å². The monoisotopic (exact) mass is 1240 g/mol. The first-order valence-corrected chi connectivity index (χ1v) is 34.6. The molecule has 0 saturated carbocycles. The number of ether oxygens (including phenoxy) is 12. The Morgan fingerprint density at radius 2 is 0.233 bits per heavy atom. The highest BCUT2D eigenvalue weighted by Gasteiger charge is 2.26. The minimum absolute atomic E-state index is 0.513. The Hall–Kier alpha value is -7.08. The molecule has 0 amide bonds. The molecule has 12 nitrogen and oxygen atoms in total. The van der Waals surface area contributed by atoms with Gasteiger partial charge in [0, 0.05) is 105 Å². The highest BCUT2D eigenvalue weighted by atomic mass is 16.5. The van der Waals surface area contributed by atoms with Crippen LogP contribution in [0.2, 0.25) is 0 Å². The molecule has 22 rings (SSSR count). The van der Waals surface area contributed by atoms with Crippen LogP contribution in [0.25, 0.3) is 0 Å². The summed E-state index contributed by atoms with van der Waals surface area (Å²) in [7, 11) is 0. The van der Waals surface area contributed by atoms with Crippen LogP contribution in [0.15, 0.2) is 72.8 Å². The first kappa shape index (κ1) is 70.4. The van der Waals surface area contributed by atoms with Crippen LogP contribution >= 0.6 is 0 Å². The predicted octanol–water partition coefficient (Wildman–Crippen LogP) is 19.0. The van der Waals surface area contributed by atoms with Gasteiger partial charge in [0.1, 0.15) is 69.0 Å². The fraction of sp³-hybridized carbons (Fsp3) is 0.538. The molecule has 16 aliphatic rings. The second-order valence-electron chi connectivity index (χ2n) is 23.6. The lowest BCUT2D eigenvalue weighted by Crippen LogP contribution is -2.10. The summed E-state index contributed by atoms with van der Waals surface area (Å²) >= 11 is 0. The molecule has 90 heavy (non-hydrogen) atoms. The van der Waals surface area contributed by atoms with Crippen molar-refractivity contribution < 1.29 is 56.8 Å². The second kappa shape index (κ2) is 37.9. The van der Waals surface area contributed by atoms with Crippen LogP contribution in [0, 0.1) is 0 Å². The van der Waals surface area contributed by atoms with Gasteiger partial charge in [0.25, 0.3) is 0 Å². The zero-order valence-electron chi connectivity index (χ0n) is 57.0. The van der Waals surface area contributed by atoms with Gasteiger partial charge in [-0.25, -0.2) is 0 Å². The van der Waals surface area contributed by atoms with E-state index in [-0.39, 0.29) is 0 Å². The number of hydrogen-bond donors (Lipinski definition) is 0. The normalized spacial score (nSPS) is 12.1. The first-order valence-electron chi connectivity index (χ1n) is 34.6. The van der Waals surface area contributed by atoms with Crippen molar-refractivity contribution in [2.45, 2.75) is 199 Å². The Kier molecular flexibility index (Phi) is 29.7.